The van der Waals surface area contributed by atoms with Crippen LogP contribution < -0.4 is 5.73 Å². The Morgan fingerprint density at radius 1 is 1.00 bits per heavy atom. The number of hydrogen-bond acceptors (Lipinski definition) is 9. The van der Waals surface area contributed by atoms with Crippen LogP contribution in [0.4, 0.5) is 5.82 Å². The number of anilines is 1. The summed E-state index contributed by atoms with van der Waals surface area (Å²) in [4.78, 5) is 11.9. The number of nitrogens with two attached hydrogens (primary N) is 1. The lowest BCUT2D eigenvalue weighted by atomic mass is 10.1. The Kier molecular flexibility index (Phi) is 6.52. The molecule has 0 spiro atoms. The minimum Gasteiger partial charge on any atom is -0.383 e. The molecule has 0 bridgehead atoms. The molecule has 0 saturated carbocycles. The van der Waals surface area contributed by atoms with E-state index in [-0.39, 0.29) is 0 Å². The van der Waals surface area contributed by atoms with Crippen molar-refractivity contribution >= 4 is 62.2 Å². The Balaban J connectivity index is 1.46. The van der Waals surface area contributed by atoms with Gasteiger partial charge in [-0.25, -0.2) is 9.97 Å². The van der Waals surface area contributed by atoms with Gasteiger partial charge in [-0.15, -0.1) is 21.5 Å². The molecular weight excluding hydrogens is 415 g/mol. The van der Waals surface area contributed by atoms with Gasteiger partial charge in [0.15, 0.2) is 8.68 Å². The number of thioether (sulfide) groups is 2. The summed E-state index contributed by atoms with van der Waals surface area (Å²) < 4.78 is 2.02. The van der Waals surface area contributed by atoms with Gasteiger partial charge in [-0.2, -0.15) is 0 Å². The molecule has 9 heteroatoms. The number of unbranched alkanes of at least 4 members (excludes halogenated alkanes) is 1. The van der Waals surface area contributed by atoms with Crippen LogP contribution in [0.25, 0.3) is 10.2 Å². The summed E-state index contributed by atoms with van der Waals surface area (Å²) in [5.41, 5.74) is 7.74. The first-order valence-electron chi connectivity index (χ1n) is 9.40. The molecule has 0 radical (unpaired) electrons. The van der Waals surface area contributed by atoms with Gasteiger partial charge in [-0.05, 0) is 37.7 Å². The molecule has 0 aliphatic heterocycles. The third-order valence-corrected chi connectivity index (χ3v) is 9.03. The van der Waals surface area contributed by atoms with Gasteiger partial charge in [0.2, 0.25) is 0 Å². The van der Waals surface area contributed by atoms with Gasteiger partial charge in [0.1, 0.15) is 16.5 Å². The summed E-state index contributed by atoms with van der Waals surface area (Å²) in [6, 6.07) is 0. The molecule has 1 aliphatic carbocycles. The van der Waals surface area contributed by atoms with Gasteiger partial charge < -0.3 is 5.73 Å². The molecule has 27 heavy (non-hydrogen) atoms. The third-order valence-electron chi connectivity index (χ3n) is 4.58. The molecule has 0 aromatic carbocycles. The highest BCUT2D eigenvalue weighted by atomic mass is 32.2. The molecule has 0 atom stereocenters. The number of aryl methyl sites for hydroxylation is 2. The molecule has 0 fully saturated rings. The van der Waals surface area contributed by atoms with E-state index in [1.54, 1.807) is 34.9 Å². The van der Waals surface area contributed by atoms with E-state index >= 15 is 0 Å². The zero-order valence-electron chi connectivity index (χ0n) is 15.4. The fourth-order valence-electron chi connectivity index (χ4n) is 3.22. The van der Waals surface area contributed by atoms with Crippen LogP contribution in [-0.2, 0) is 18.6 Å². The first kappa shape index (κ1) is 19.4. The number of fused-ring (bicyclic) bond motifs is 3. The van der Waals surface area contributed by atoms with Gasteiger partial charge in [-0.1, -0.05) is 54.6 Å². The number of hydrogen-bond donors (Lipinski definition) is 1. The van der Waals surface area contributed by atoms with E-state index in [1.807, 2.05) is 11.3 Å². The standard InChI is InChI=1S/C18H23N5S4/c1-2-3-9-24-17-22-23-18(27-17)25-10-13-20-15(19)14-11-7-5-4-6-8-12(11)26-16(14)21-13/h2-10H2,1H3,(H2,19,20,21). The highest BCUT2D eigenvalue weighted by molar-refractivity contribution is 8.02. The SMILES string of the molecule is CCCCSc1nnc(SCc2nc(N)c3c4c(sc3n2)CCCCC4)s1. The fraction of sp³-hybridized carbons (Fsp3) is 0.556. The molecule has 4 rings (SSSR count). The van der Waals surface area contributed by atoms with Crippen molar-refractivity contribution in [3.05, 3.63) is 16.3 Å². The summed E-state index contributed by atoms with van der Waals surface area (Å²) in [6.07, 6.45) is 8.50. The normalized spacial score (nSPS) is 14.4. The summed E-state index contributed by atoms with van der Waals surface area (Å²) >= 11 is 6.90. The molecular formula is C18H23N5S4. The van der Waals surface area contributed by atoms with Crippen LogP contribution in [0.15, 0.2) is 8.68 Å². The Morgan fingerprint density at radius 2 is 1.81 bits per heavy atom. The Labute approximate surface area is 176 Å². The first-order chi connectivity index (χ1) is 13.2. The van der Waals surface area contributed by atoms with E-state index in [1.165, 1.54) is 42.5 Å². The van der Waals surface area contributed by atoms with E-state index in [4.69, 9.17) is 10.7 Å². The summed E-state index contributed by atoms with van der Waals surface area (Å²) in [5.74, 6) is 3.21. The predicted molar refractivity (Wildman–Crippen MR) is 118 cm³/mol. The number of nitrogen functional groups attached to an aromatic ring is 1. The lowest BCUT2D eigenvalue weighted by Gasteiger charge is -2.03. The lowest BCUT2D eigenvalue weighted by Crippen LogP contribution is -2.00. The summed E-state index contributed by atoms with van der Waals surface area (Å²) in [7, 11) is 0. The number of thiophene rings is 1. The van der Waals surface area contributed by atoms with Crippen molar-refractivity contribution in [2.75, 3.05) is 11.5 Å². The van der Waals surface area contributed by atoms with Crippen LogP contribution >= 0.6 is 46.2 Å². The van der Waals surface area contributed by atoms with E-state index in [0.29, 0.717) is 11.6 Å². The average Bonchev–Trinajstić information content (AvgIpc) is 3.18. The van der Waals surface area contributed by atoms with Crippen LogP contribution in [0.2, 0.25) is 0 Å². The molecule has 0 unspecified atom stereocenters. The second-order valence-electron chi connectivity index (χ2n) is 6.59. The van der Waals surface area contributed by atoms with Gasteiger partial charge in [0, 0.05) is 10.6 Å². The molecule has 144 valence electrons. The van der Waals surface area contributed by atoms with Crippen LogP contribution in [0.5, 0.6) is 0 Å². The second kappa shape index (κ2) is 9.07. The Morgan fingerprint density at radius 3 is 2.67 bits per heavy atom. The van der Waals surface area contributed by atoms with Crippen molar-refractivity contribution in [3.8, 4) is 0 Å². The maximum Gasteiger partial charge on any atom is 0.175 e. The maximum absolute atomic E-state index is 6.34. The summed E-state index contributed by atoms with van der Waals surface area (Å²) in [5, 5.41) is 9.66. The van der Waals surface area contributed by atoms with Crippen molar-refractivity contribution in [3.63, 3.8) is 0 Å². The Bertz CT molecular complexity index is 920. The second-order valence-corrected chi connectivity index (χ2v) is 11.2. The zero-order chi connectivity index (χ0) is 18.6. The minimum absolute atomic E-state index is 0.642. The summed E-state index contributed by atoms with van der Waals surface area (Å²) in [6.45, 7) is 2.20. The molecule has 2 N–H and O–H groups in total. The monoisotopic (exact) mass is 437 g/mol. The van der Waals surface area contributed by atoms with Gasteiger partial charge in [0.25, 0.3) is 0 Å². The van der Waals surface area contributed by atoms with Gasteiger partial charge in [-0.3, -0.25) is 0 Å². The van der Waals surface area contributed by atoms with Crippen LogP contribution in [-0.4, -0.2) is 25.9 Å². The van der Waals surface area contributed by atoms with E-state index in [0.717, 1.165) is 43.3 Å². The zero-order valence-corrected chi connectivity index (χ0v) is 18.6. The van der Waals surface area contributed by atoms with Crippen molar-refractivity contribution in [1.82, 2.24) is 20.2 Å². The average molecular weight is 438 g/mol. The predicted octanol–water partition coefficient (Wildman–Crippen LogP) is 5.58. The van der Waals surface area contributed by atoms with Crippen LogP contribution in [0, 0.1) is 0 Å². The largest absolute Gasteiger partial charge is 0.383 e. The van der Waals surface area contributed by atoms with E-state index in [9.17, 15) is 0 Å². The molecule has 5 nitrogen and oxygen atoms in total. The first-order valence-corrected chi connectivity index (χ1v) is 13.0. The van der Waals surface area contributed by atoms with Gasteiger partial charge in [0.05, 0.1) is 11.1 Å². The van der Waals surface area contributed by atoms with Crippen LogP contribution in [0.1, 0.15) is 55.3 Å². The smallest absolute Gasteiger partial charge is 0.175 e. The Hall–Kier alpha value is -0.900. The van der Waals surface area contributed by atoms with Crippen molar-refractivity contribution in [1.29, 1.82) is 0 Å². The fourth-order valence-corrected chi connectivity index (χ4v) is 7.53. The molecule has 3 aromatic heterocycles. The maximum atomic E-state index is 6.34. The molecule has 1 aliphatic rings. The number of aromatic nitrogens is 4. The molecule has 0 amide bonds. The lowest BCUT2D eigenvalue weighted by molar-refractivity contribution is 0.713. The van der Waals surface area contributed by atoms with E-state index in [2.05, 4.69) is 22.1 Å². The number of nitrogens with zero attached hydrogens (tertiary/aromatic N) is 4. The van der Waals surface area contributed by atoms with Crippen molar-refractivity contribution < 1.29 is 0 Å². The van der Waals surface area contributed by atoms with Crippen LogP contribution in [0.3, 0.4) is 0 Å². The minimum atomic E-state index is 0.642. The molecule has 0 saturated heterocycles. The topological polar surface area (TPSA) is 77.6 Å². The van der Waals surface area contributed by atoms with Gasteiger partial charge >= 0.3 is 0 Å². The third kappa shape index (κ3) is 4.58. The molecule has 3 aromatic rings. The highest BCUT2D eigenvalue weighted by Crippen LogP contribution is 2.38. The molecule has 3 heterocycles. The van der Waals surface area contributed by atoms with Crippen molar-refractivity contribution in [2.24, 2.45) is 0 Å². The highest BCUT2D eigenvalue weighted by Gasteiger charge is 2.19. The van der Waals surface area contributed by atoms with Crippen molar-refractivity contribution in [2.45, 2.75) is 66.3 Å². The quantitative estimate of drug-likeness (QED) is 0.294. The number of rotatable bonds is 7. The van der Waals surface area contributed by atoms with E-state index < -0.39 is 0 Å².